The first-order valence-electron chi connectivity index (χ1n) is 6.72. The number of carbonyl (C=O) groups is 1. The van der Waals surface area contributed by atoms with Crippen LogP contribution in [0.25, 0.3) is 0 Å². The van der Waals surface area contributed by atoms with Crippen LogP contribution in [0, 0.1) is 0 Å². The molecule has 2 aromatic rings. The smallest absolute Gasteiger partial charge is 0.225 e. The fraction of sp³-hybridized carbons (Fsp3) is 0.267. The molecule has 5 heteroatoms. The number of nitrogens with zero attached hydrogens (tertiary/aromatic N) is 3. The second kappa shape index (κ2) is 5.79. The Morgan fingerprint density at radius 2 is 1.70 bits per heavy atom. The van der Waals surface area contributed by atoms with Gasteiger partial charge in [0, 0.05) is 47.0 Å². The van der Waals surface area contributed by atoms with E-state index in [0.29, 0.717) is 17.1 Å². The molecular weight excluding hydrogens is 252 g/mol. The monoisotopic (exact) mass is 272 g/mol. The van der Waals surface area contributed by atoms with Gasteiger partial charge in [-0.3, -0.25) is 4.79 Å². The zero-order chi connectivity index (χ0) is 13.8. The van der Waals surface area contributed by atoms with E-state index in [4.69, 9.17) is 0 Å². The lowest BCUT2D eigenvalue weighted by atomic mass is 10.1. The normalized spacial score (nSPS) is 15.1. The highest BCUT2D eigenvalue weighted by Gasteiger charge is 2.14. The minimum atomic E-state index is -0.0440. The number of piperazine rings is 1. The molecule has 1 saturated heterocycles. The molecular formula is C15H20N4O. The maximum Gasteiger partial charge on any atom is 0.225 e. The molecule has 1 aliphatic rings. The first kappa shape index (κ1) is 12.7. The molecule has 0 atom stereocenters. The van der Waals surface area contributed by atoms with Gasteiger partial charge in [0.1, 0.15) is 0 Å². The van der Waals surface area contributed by atoms with Gasteiger partial charge in [0.05, 0.1) is 5.56 Å². The summed E-state index contributed by atoms with van der Waals surface area (Å²) in [6, 6.07) is 9.19. The third-order valence-electron chi connectivity index (χ3n) is 3.34. The molecule has 0 amide bonds. The lowest BCUT2D eigenvalue weighted by Crippen LogP contribution is -2.44. The van der Waals surface area contributed by atoms with Crippen LogP contribution >= 0.6 is 0 Å². The zero-order valence-corrected chi connectivity index (χ0v) is 11.1. The minimum absolute atomic E-state index is 0. The topological polar surface area (TPSA) is 58.1 Å². The van der Waals surface area contributed by atoms with Crippen molar-refractivity contribution < 1.29 is 7.65 Å². The molecule has 1 aliphatic heterocycles. The van der Waals surface area contributed by atoms with E-state index < -0.39 is 0 Å². The summed E-state index contributed by atoms with van der Waals surface area (Å²) >= 11 is 0. The number of hydrogen-bond donors (Lipinski definition) is 1. The van der Waals surface area contributed by atoms with E-state index >= 15 is 0 Å². The first-order valence-corrected chi connectivity index (χ1v) is 6.72. The van der Waals surface area contributed by atoms with Crippen LogP contribution in [0.4, 0.5) is 5.95 Å². The van der Waals surface area contributed by atoms with Crippen molar-refractivity contribution in [1.29, 1.82) is 0 Å². The van der Waals surface area contributed by atoms with Gasteiger partial charge in [-0.05, 0) is 0 Å². The standard InChI is InChI=1S/C15H16N4O.2H2/c20-14(12-4-2-1-3-5-12)13-10-17-15(18-11-13)19-8-6-16-7-9-19;;/h1-5,10-11,16H,6-9H2;2*1H. The Morgan fingerprint density at radius 3 is 2.35 bits per heavy atom. The van der Waals surface area contributed by atoms with E-state index in [1.807, 2.05) is 18.2 Å². The molecule has 0 bridgehead atoms. The van der Waals surface area contributed by atoms with E-state index in [1.165, 1.54) is 0 Å². The van der Waals surface area contributed by atoms with Crippen molar-refractivity contribution >= 4 is 11.7 Å². The molecule has 1 fully saturated rings. The van der Waals surface area contributed by atoms with Gasteiger partial charge in [-0.1, -0.05) is 30.3 Å². The maximum absolute atomic E-state index is 12.2. The highest BCUT2D eigenvalue weighted by Crippen LogP contribution is 2.11. The summed E-state index contributed by atoms with van der Waals surface area (Å²) in [7, 11) is 0. The number of hydrogen-bond acceptors (Lipinski definition) is 5. The lowest BCUT2D eigenvalue weighted by Gasteiger charge is -2.27. The predicted molar refractivity (Wildman–Crippen MR) is 81.2 cm³/mol. The van der Waals surface area contributed by atoms with Gasteiger partial charge in [0.15, 0.2) is 5.78 Å². The summed E-state index contributed by atoms with van der Waals surface area (Å²) in [5, 5.41) is 3.28. The second-order valence-corrected chi connectivity index (χ2v) is 4.70. The number of rotatable bonds is 3. The summed E-state index contributed by atoms with van der Waals surface area (Å²) in [6.45, 7) is 3.67. The molecule has 0 radical (unpaired) electrons. The summed E-state index contributed by atoms with van der Waals surface area (Å²) < 4.78 is 0. The SMILES string of the molecule is O=C(c1ccccc1)c1cnc(N2CCNCC2)nc1.[HH].[HH]. The lowest BCUT2D eigenvalue weighted by molar-refractivity contribution is 0.103. The van der Waals surface area contributed by atoms with Gasteiger partial charge in [-0.2, -0.15) is 0 Å². The Bertz CT molecular complexity index is 586. The fourth-order valence-electron chi connectivity index (χ4n) is 2.22. The van der Waals surface area contributed by atoms with E-state index in [2.05, 4.69) is 20.2 Å². The molecule has 0 spiro atoms. The maximum atomic E-state index is 12.2. The van der Waals surface area contributed by atoms with Crippen molar-refractivity contribution in [2.24, 2.45) is 0 Å². The Morgan fingerprint density at radius 1 is 1.05 bits per heavy atom. The molecule has 0 aliphatic carbocycles. The molecule has 0 saturated carbocycles. The molecule has 1 N–H and O–H groups in total. The van der Waals surface area contributed by atoms with Crippen LogP contribution in [-0.2, 0) is 0 Å². The van der Waals surface area contributed by atoms with Gasteiger partial charge >= 0.3 is 0 Å². The highest BCUT2D eigenvalue weighted by atomic mass is 16.1. The van der Waals surface area contributed by atoms with Crippen molar-refractivity contribution in [3.05, 3.63) is 53.9 Å². The summed E-state index contributed by atoms with van der Waals surface area (Å²) in [6.07, 6.45) is 3.22. The highest BCUT2D eigenvalue weighted by molar-refractivity contribution is 6.08. The number of benzene rings is 1. The number of ketones is 1. The molecule has 2 heterocycles. The summed E-state index contributed by atoms with van der Waals surface area (Å²) in [5.41, 5.74) is 1.18. The molecule has 1 aromatic carbocycles. The molecule has 106 valence electrons. The van der Waals surface area contributed by atoms with Crippen LogP contribution in [0.5, 0.6) is 0 Å². The summed E-state index contributed by atoms with van der Waals surface area (Å²) in [5.74, 6) is 0.647. The van der Waals surface area contributed by atoms with Gasteiger partial charge in [0.2, 0.25) is 5.95 Å². The van der Waals surface area contributed by atoms with E-state index in [9.17, 15) is 4.79 Å². The third-order valence-corrected chi connectivity index (χ3v) is 3.34. The average Bonchev–Trinajstić information content (AvgIpc) is 2.56. The van der Waals surface area contributed by atoms with E-state index in [-0.39, 0.29) is 8.64 Å². The predicted octanol–water partition coefficient (Wildman–Crippen LogP) is 1.61. The van der Waals surface area contributed by atoms with Crippen LogP contribution in [0.2, 0.25) is 0 Å². The van der Waals surface area contributed by atoms with Gasteiger partial charge in [-0.25, -0.2) is 9.97 Å². The molecule has 20 heavy (non-hydrogen) atoms. The fourth-order valence-corrected chi connectivity index (χ4v) is 2.22. The number of aromatic nitrogens is 2. The van der Waals surface area contributed by atoms with Crippen molar-refractivity contribution in [2.75, 3.05) is 31.1 Å². The Balaban J connectivity index is 0.00000121. The van der Waals surface area contributed by atoms with E-state index in [0.717, 1.165) is 26.2 Å². The molecule has 5 nitrogen and oxygen atoms in total. The van der Waals surface area contributed by atoms with Gasteiger partial charge in [-0.15, -0.1) is 0 Å². The van der Waals surface area contributed by atoms with Gasteiger partial charge in [0.25, 0.3) is 0 Å². The van der Waals surface area contributed by atoms with Crippen molar-refractivity contribution in [2.45, 2.75) is 0 Å². The van der Waals surface area contributed by atoms with Crippen LogP contribution in [0.15, 0.2) is 42.7 Å². The zero-order valence-electron chi connectivity index (χ0n) is 11.1. The van der Waals surface area contributed by atoms with Crippen LogP contribution in [0.3, 0.4) is 0 Å². The van der Waals surface area contributed by atoms with Crippen molar-refractivity contribution in [1.82, 2.24) is 15.3 Å². The number of carbonyl (C=O) groups excluding carboxylic acids is 1. The summed E-state index contributed by atoms with van der Waals surface area (Å²) in [4.78, 5) is 23.0. The molecule has 1 aromatic heterocycles. The van der Waals surface area contributed by atoms with Crippen molar-refractivity contribution in [3.8, 4) is 0 Å². The van der Waals surface area contributed by atoms with Crippen LogP contribution < -0.4 is 10.2 Å². The van der Waals surface area contributed by atoms with Crippen LogP contribution in [0.1, 0.15) is 18.8 Å². The number of nitrogens with one attached hydrogen (secondary N) is 1. The molecule has 3 rings (SSSR count). The number of anilines is 1. The van der Waals surface area contributed by atoms with Crippen molar-refractivity contribution in [3.63, 3.8) is 0 Å². The Kier molecular flexibility index (Phi) is 3.69. The average molecular weight is 272 g/mol. The molecule has 0 unspecified atom stereocenters. The second-order valence-electron chi connectivity index (χ2n) is 4.70. The van der Waals surface area contributed by atoms with Crippen LogP contribution in [-0.4, -0.2) is 41.9 Å². The Labute approximate surface area is 120 Å². The quantitative estimate of drug-likeness (QED) is 0.860. The largest absolute Gasteiger partial charge is 0.338 e. The van der Waals surface area contributed by atoms with Gasteiger partial charge < -0.3 is 10.2 Å². The Hall–Kier alpha value is -2.27. The first-order chi connectivity index (χ1) is 9.84. The minimum Gasteiger partial charge on any atom is -0.338 e. The third kappa shape index (κ3) is 2.67. The van der Waals surface area contributed by atoms with E-state index in [1.54, 1.807) is 24.5 Å².